The summed E-state index contributed by atoms with van der Waals surface area (Å²) in [5, 5.41) is 9.83. The number of rotatable bonds is 7. The molecule has 0 radical (unpaired) electrons. The highest BCUT2D eigenvalue weighted by Crippen LogP contribution is 2.26. The molecular formula is C20H21ClN4O3S. The van der Waals surface area contributed by atoms with Crippen LogP contribution in [0.5, 0.6) is 0 Å². The molecule has 0 aliphatic rings. The van der Waals surface area contributed by atoms with Gasteiger partial charge in [-0.3, -0.25) is 4.79 Å². The van der Waals surface area contributed by atoms with Gasteiger partial charge in [0.2, 0.25) is 0 Å². The Bertz CT molecular complexity index is 1060. The van der Waals surface area contributed by atoms with Gasteiger partial charge in [-0.1, -0.05) is 23.4 Å². The third kappa shape index (κ3) is 4.23. The summed E-state index contributed by atoms with van der Waals surface area (Å²) in [4.78, 5) is 27.7. The predicted octanol–water partition coefficient (Wildman–Crippen LogP) is 4.32. The van der Waals surface area contributed by atoms with Gasteiger partial charge in [-0.05, 0) is 50.6 Å². The number of hydrogen-bond acceptors (Lipinski definition) is 6. The van der Waals surface area contributed by atoms with Crippen molar-refractivity contribution < 1.29 is 14.3 Å². The van der Waals surface area contributed by atoms with E-state index in [1.165, 1.54) is 18.9 Å². The maximum absolute atomic E-state index is 12.8. The molecule has 9 heteroatoms. The lowest BCUT2D eigenvalue weighted by atomic mass is 10.1. The summed E-state index contributed by atoms with van der Waals surface area (Å²) in [5.41, 5.74) is 2.93. The molecular weight excluding hydrogens is 412 g/mol. The molecule has 0 saturated carbocycles. The molecule has 0 amide bonds. The van der Waals surface area contributed by atoms with E-state index in [0.717, 1.165) is 11.4 Å². The second-order valence-corrected chi connectivity index (χ2v) is 7.76. The SMILES string of the molecule is CCn1c(SCC(=O)c2[nH]c(C)c(C(=O)OC)c2C)nnc1-c1ccc(Cl)cc1. The Hall–Kier alpha value is -2.58. The third-order valence-corrected chi connectivity index (χ3v) is 5.79. The smallest absolute Gasteiger partial charge is 0.339 e. The zero-order valence-electron chi connectivity index (χ0n) is 16.6. The van der Waals surface area contributed by atoms with Crippen LogP contribution in [0.15, 0.2) is 29.4 Å². The van der Waals surface area contributed by atoms with Gasteiger partial charge in [-0.15, -0.1) is 10.2 Å². The van der Waals surface area contributed by atoms with Crippen molar-refractivity contribution in [3.8, 4) is 11.4 Å². The number of H-pyrrole nitrogens is 1. The number of aromatic nitrogens is 4. The van der Waals surface area contributed by atoms with Gasteiger partial charge in [0.1, 0.15) is 0 Å². The third-order valence-electron chi connectivity index (χ3n) is 4.57. The molecule has 0 aliphatic carbocycles. The molecule has 3 aromatic rings. The normalized spacial score (nSPS) is 10.9. The summed E-state index contributed by atoms with van der Waals surface area (Å²) < 4.78 is 6.75. The van der Waals surface area contributed by atoms with Crippen LogP contribution in [-0.2, 0) is 11.3 Å². The summed E-state index contributed by atoms with van der Waals surface area (Å²) in [6, 6.07) is 7.38. The number of carbonyl (C=O) groups excluding carboxylic acids is 2. The van der Waals surface area contributed by atoms with Gasteiger partial charge in [-0.25, -0.2) is 4.79 Å². The predicted molar refractivity (Wildman–Crippen MR) is 113 cm³/mol. The number of hydrogen-bond donors (Lipinski definition) is 1. The van der Waals surface area contributed by atoms with Gasteiger partial charge >= 0.3 is 5.97 Å². The van der Waals surface area contributed by atoms with Crippen LogP contribution in [0.1, 0.15) is 39.0 Å². The number of benzene rings is 1. The van der Waals surface area contributed by atoms with Gasteiger partial charge < -0.3 is 14.3 Å². The van der Waals surface area contributed by atoms with Crippen molar-refractivity contribution in [3.05, 3.63) is 51.8 Å². The number of methoxy groups -OCH3 is 1. The van der Waals surface area contributed by atoms with E-state index in [4.69, 9.17) is 16.3 Å². The fourth-order valence-corrected chi connectivity index (χ4v) is 4.13. The first-order valence-corrected chi connectivity index (χ1v) is 10.4. The lowest BCUT2D eigenvalue weighted by Gasteiger charge is -2.07. The maximum Gasteiger partial charge on any atom is 0.339 e. The zero-order chi connectivity index (χ0) is 21.1. The number of nitrogens with one attached hydrogen (secondary N) is 1. The molecule has 0 atom stereocenters. The fourth-order valence-electron chi connectivity index (χ4n) is 3.13. The van der Waals surface area contributed by atoms with Crippen molar-refractivity contribution in [2.24, 2.45) is 0 Å². The first-order chi connectivity index (χ1) is 13.9. The Morgan fingerprint density at radius 1 is 1.21 bits per heavy atom. The van der Waals surface area contributed by atoms with Crippen LogP contribution in [0.3, 0.4) is 0 Å². The monoisotopic (exact) mass is 432 g/mol. The lowest BCUT2D eigenvalue weighted by molar-refractivity contribution is 0.0599. The van der Waals surface area contributed by atoms with E-state index in [9.17, 15) is 9.59 Å². The summed E-state index contributed by atoms with van der Waals surface area (Å²) >= 11 is 7.27. The quantitative estimate of drug-likeness (QED) is 0.339. The highest BCUT2D eigenvalue weighted by atomic mass is 35.5. The standard InChI is InChI=1S/C20H21ClN4O3S/c1-5-25-18(13-6-8-14(21)9-7-13)23-24-20(25)29-10-15(26)17-11(2)16(12(3)22-17)19(27)28-4/h6-9,22H,5,10H2,1-4H3. The van der Waals surface area contributed by atoms with Crippen molar-refractivity contribution in [2.45, 2.75) is 32.5 Å². The molecule has 0 aliphatic heterocycles. The first-order valence-electron chi connectivity index (χ1n) is 9.00. The number of esters is 1. The minimum Gasteiger partial charge on any atom is -0.465 e. The Balaban J connectivity index is 1.79. The van der Waals surface area contributed by atoms with Crippen LogP contribution in [0.2, 0.25) is 5.02 Å². The first kappa shape index (κ1) is 21.1. The second kappa shape index (κ2) is 8.84. The number of nitrogens with zero attached hydrogens (tertiary/aromatic N) is 3. The molecule has 0 bridgehead atoms. The van der Waals surface area contributed by atoms with E-state index < -0.39 is 5.97 Å². The summed E-state index contributed by atoms with van der Waals surface area (Å²) in [6.07, 6.45) is 0. The number of ketones is 1. The van der Waals surface area contributed by atoms with E-state index in [2.05, 4.69) is 15.2 Å². The zero-order valence-corrected chi connectivity index (χ0v) is 18.1. The molecule has 152 valence electrons. The van der Waals surface area contributed by atoms with Crippen LogP contribution < -0.4 is 0 Å². The topological polar surface area (TPSA) is 89.9 Å². The van der Waals surface area contributed by atoms with Gasteiger partial charge in [-0.2, -0.15) is 0 Å². The Morgan fingerprint density at radius 2 is 1.90 bits per heavy atom. The number of thioether (sulfide) groups is 1. The van der Waals surface area contributed by atoms with Crippen molar-refractivity contribution in [1.29, 1.82) is 0 Å². The largest absolute Gasteiger partial charge is 0.465 e. The van der Waals surface area contributed by atoms with Crippen molar-refractivity contribution in [3.63, 3.8) is 0 Å². The lowest BCUT2D eigenvalue weighted by Crippen LogP contribution is -2.08. The Kier molecular flexibility index (Phi) is 6.44. The van der Waals surface area contributed by atoms with Crippen LogP contribution >= 0.6 is 23.4 Å². The van der Waals surface area contributed by atoms with Gasteiger partial charge in [0, 0.05) is 22.8 Å². The van der Waals surface area contributed by atoms with Crippen LogP contribution in [0.4, 0.5) is 0 Å². The van der Waals surface area contributed by atoms with Crippen molar-refractivity contribution in [1.82, 2.24) is 19.7 Å². The molecule has 0 spiro atoms. The Morgan fingerprint density at radius 3 is 2.52 bits per heavy atom. The molecule has 7 nitrogen and oxygen atoms in total. The van der Waals surface area contributed by atoms with Crippen LogP contribution in [-0.4, -0.2) is 44.4 Å². The van der Waals surface area contributed by atoms with Gasteiger partial charge in [0.15, 0.2) is 16.8 Å². The number of ether oxygens (including phenoxy) is 1. The van der Waals surface area contributed by atoms with Gasteiger partial charge in [0.05, 0.1) is 24.1 Å². The Labute approximate surface area is 177 Å². The summed E-state index contributed by atoms with van der Waals surface area (Å²) in [7, 11) is 1.32. The number of Topliss-reactive ketones (excluding diaryl/α,β-unsaturated/α-hetero) is 1. The van der Waals surface area contributed by atoms with Crippen molar-refractivity contribution in [2.75, 3.05) is 12.9 Å². The van der Waals surface area contributed by atoms with E-state index >= 15 is 0 Å². The second-order valence-electron chi connectivity index (χ2n) is 6.39. The molecule has 2 aromatic heterocycles. The van der Waals surface area contributed by atoms with E-state index in [1.807, 2.05) is 23.6 Å². The molecule has 1 aromatic carbocycles. The molecule has 3 rings (SSSR count). The highest BCUT2D eigenvalue weighted by Gasteiger charge is 2.23. The molecule has 0 fully saturated rings. The summed E-state index contributed by atoms with van der Waals surface area (Å²) in [6.45, 7) is 6.14. The van der Waals surface area contributed by atoms with Crippen LogP contribution in [0.25, 0.3) is 11.4 Å². The number of carbonyl (C=O) groups is 2. The minimum atomic E-state index is -0.457. The van der Waals surface area contributed by atoms with Gasteiger partial charge in [0.25, 0.3) is 0 Å². The number of aryl methyl sites for hydroxylation is 1. The van der Waals surface area contributed by atoms with E-state index in [0.29, 0.717) is 39.2 Å². The molecule has 29 heavy (non-hydrogen) atoms. The average Bonchev–Trinajstić information content (AvgIpc) is 3.26. The minimum absolute atomic E-state index is 0.121. The van der Waals surface area contributed by atoms with E-state index in [1.54, 1.807) is 26.0 Å². The highest BCUT2D eigenvalue weighted by molar-refractivity contribution is 7.99. The fraction of sp³-hybridized carbons (Fsp3) is 0.300. The number of halogens is 1. The molecule has 2 heterocycles. The maximum atomic E-state index is 12.8. The summed E-state index contributed by atoms with van der Waals surface area (Å²) in [5.74, 6) is 0.310. The molecule has 1 N–H and O–H groups in total. The molecule has 0 saturated heterocycles. The van der Waals surface area contributed by atoms with Crippen LogP contribution in [0, 0.1) is 13.8 Å². The van der Waals surface area contributed by atoms with Crippen molar-refractivity contribution >= 4 is 35.1 Å². The molecule has 0 unspecified atom stereocenters. The van der Waals surface area contributed by atoms with E-state index in [-0.39, 0.29) is 11.5 Å². The average molecular weight is 433 g/mol. The number of aromatic amines is 1.